The lowest BCUT2D eigenvalue weighted by molar-refractivity contribution is -0.140. The number of carboxylic acid groups (broad SMARTS) is 1. The third kappa shape index (κ3) is 16.1. The van der Waals surface area contributed by atoms with Crippen molar-refractivity contribution in [3.8, 4) is 5.75 Å². The summed E-state index contributed by atoms with van der Waals surface area (Å²) < 4.78 is 34.4. The van der Waals surface area contributed by atoms with E-state index in [1.807, 2.05) is 0 Å². The Hall–Kier alpha value is -2.95. The molecule has 1 atom stereocenters. The summed E-state index contributed by atoms with van der Waals surface area (Å²) in [7, 11) is -3.88. The summed E-state index contributed by atoms with van der Waals surface area (Å²) in [5, 5.41) is 11.8. The van der Waals surface area contributed by atoms with Crippen LogP contribution in [0.5, 0.6) is 5.75 Å². The highest BCUT2D eigenvalue weighted by atomic mass is 35.5. The second kappa shape index (κ2) is 22.0. The number of carboxylic acids is 1. The molecule has 1 amide bonds. The monoisotopic (exact) mass is 720 g/mol. The lowest BCUT2D eigenvalue weighted by atomic mass is 9.87. The molecule has 11 heteroatoms. The molecule has 0 fully saturated rings. The van der Waals surface area contributed by atoms with Gasteiger partial charge in [-0.25, -0.2) is 17.9 Å². The predicted molar refractivity (Wildman–Crippen MR) is 197 cm³/mol. The van der Waals surface area contributed by atoms with Gasteiger partial charge in [0.25, 0.3) is 5.91 Å². The minimum absolute atomic E-state index is 0.00786. The number of sulfonamides is 1. The Labute approximate surface area is 299 Å². The fourth-order valence-electron chi connectivity index (χ4n) is 5.36. The summed E-state index contributed by atoms with van der Waals surface area (Å²) in [6.07, 6.45) is 18.2. The number of benzene rings is 2. The van der Waals surface area contributed by atoms with E-state index in [0.29, 0.717) is 6.54 Å². The van der Waals surface area contributed by atoms with Gasteiger partial charge >= 0.3 is 5.97 Å². The average molecular weight is 721 g/mol. The van der Waals surface area contributed by atoms with Gasteiger partial charge in [-0.15, -0.1) is 0 Å². The van der Waals surface area contributed by atoms with Crippen molar-refractivity contribution in [2.24, 2.45) is 5.41 Å². The molecule has 2 aromatic rings. The quantitative estimate of drug-likeness (QED) is 0.0686. The van der Waals surface area contributed by atoms with Gasteiger partial charge in [-0.2, -0.15) is 0 Å². The zero-order chi connectivity index (χ0) is 36.3. The van der Waals surface area contributed by atoms with Crippen LogP contribution in [0.15, 0.2) is 47.4 Å². The van der Waals surface area contributed by atoms with Crippen molar-refractivity contribution in [3.63, 3.8) is 0 Å². The number of carbonyl (C=O) groups excluding carboxylic acids is 2. The molecule has 0 radical (unpaired) electrons. The number of carbonyl (C=O) groups is 3. The molecule has 0 heterocycles. The van der Waals surface area contributed by atoms with Crippen LogP contribution in [0, 0.1) is 5.41 Å². The Morgan fingerprint density at radius 3 is 1.73 bits per heavy atom. The van der Waals surface area contributed by atoms with Gasteiger partial charge in [0.1, 0.15) is 5.75 Å². The molecule has 1 unspecified atom stereocenters. The van der Waals surface area contributed by atoms with Crippen LogP contribution in [0.3, 0.4) is 0 Å². The molecular formula is C38H57ClN2O7S. The third-order valence-electron chi connectivity index (χ3n) is 8.40. The van der Waals surface area contributed by atoms with Gasteiger partial charge in [0, 0.05) is 12.0 Å². The highest BCUT2D eigenvalue weighted by Gasteiger charge is 2.37. The molecule has 0 aliphatic rings. The van der Waals surface area contributed by atoms with E-state index in [4.69, 9.17) is 21.4 Å². The van der Waals surface area contributed by atoms with E-state index in [2.05, 4.69) is 17.0 Å². The lowest BCUT2D eigenvalue weighted by Crippen LogP contribution is -2.45. The average Bonchev–Trinajstić information content (AvgIpc) is 3.05. The minimum atomic E-state index is -3.88. The van der Waals surface area contributed by atoms with E-state index in [-0.39, 0.29) is 26.9 Å². The molecule has 2 rings (SSSR count). The highest BCUT2D eigenvalue weighted by molar-refractivity contribution is 7.89. The first kappa shape index (κ1) is 42.2. The Bertz CT molecular complexity index is 1420. The molecule has 0 bridgehead atoms. The van der Waals surface area contributed by atoms with Crippen LogP contribution in [-0.2, 0) is 19.6 Å². The number of ketones is 1. The largest absolute Gasteiger partial charge is 0.478 e. The van der Waals surface area contributed by atoms with Gasteiger partial charge in [0.15, 0.2) is 5.78 Å². The fraction of sp³-hybridized carbons (Fsp3) is 0.605. The number of ether oxygens (including phenoxy) is 1. The predicted octanol–water partition coefficient (Wildman–Crippen LogP) is 9.58. The number of aromatic carboxylic acids is 1. The summed E-state index contributed by atoms with van der Waals surface area (Å²) in [5.74, 6) is -2.40. The third-order valence-corrected chi connectivity index (χ3v) is 10.2. The van der Waals surface area contributed by atoms with Gasteiger partial charge in [-0.3, -0.25) is 9.59 Å². The minimum Gasteiger partial charge on any atom is -0.478 e. The molecule has 2 aromatic carbocycles. The van der Waals surface area contributed by atoms with Gasteiger partial charge in [0.2, 0.25) is 16.1 Å². The zero-order valence-corrected chi connectivity index (χ0v) is 31.4. The molecule has 0 aliphatic carbocycles. The Balaban J connectivity index is 1.81. The standard InChI is InChI=1S/C38H57ClN2O7S/c1-5-6-7-8-9-10-11-12-13-14-15-16-17-18-19-20-27-40-49(46,47)31-25-26-32(39)33(28-31)41-36(43)34(35(42)38(2,3)4)48-30-23-21-29(22-24-30)37(44)45/h21-26,28,34,40H,5-20,27H2,1-4H3,(H,41,43)(H,44,45). The molecule has 0 aromatic heterocycles. The van der Waals surface area contributed by atoms with E-state index >= 15 is 0 Å². The number of amides is 1. The van der Waals surface area contributed by atoms with Crippen LogP contribution in [-0.4, -0.2) is 43.8 Å². The maximum absolute atomic E-state index is 13.4. The molecule has 274 valence electrons. The highest BCUT2D eigenvalue weighted by Crippen LogP contribution is 2.28. The maximum Gasteiger partial charge on any atom is 0.335 e. The van der Waals surface area contributed by atoms with E-state index in [1.165, 1.54) is 120 Å². The number of anilines is 1. The fourth-order valence-corrected chi connectivity index (χ4v) is 6.62. The SMILES string of the molecule is CCCCCCCCCCCCCCCCCCNS(=O)(=O)c1ccc(Cl)c(NC(=O)C(Oc2ccc(C(=O)O)cc2)C(=O)C(C)(C)C)c1. The second-order valence-corrected chi connectivity index (χ2v) is 15.9. The number of halogens is 1. The molecular weight excluding hydrogens is 664 g/mol. The molecule has 0 saturated heterocycles. The van der Waals surface area contributed by atoms with Gasteiger partial charge in [0.05, 0.1) is 21.2 Å². The van der Waals surface area contributed by atoms with Crippen LogP contribution >= 0.6 is 11.6 Å². The number of hydrogen-bond acceptors (Lipinski definition) is 6. The molecule has 0 aliphatic heterocycles. The second-order valence-electron chi connectivity index (χ2n) is 13.8. The van der Waals surface area contributed by atoms with Gasteiger partial charge < -0.3 is 15.2 Å². The number of Topliss-reactive ketones (excluding diaryl/α,β-unsaturated/α-hetero) is 1. The summed E-state index contributed by atoms with van der Waals surface area (Å²) >= 11 is 6.32. The first-order valence-corrected chi connectivity index (χ1v) is 19.8. The first-order valence-electron chi connectivity index (χ1n) is 17.9. The molecule has 3 N–H and O–H groups in total. The number of unbranched alkanes of at least 4 members (excludes halogenated alkanes) is 15. The van der Waals surface area contributed by atoms with Gasteiger partial charge in [-0.1, -0.05) is 136 Å². The Morgan fingerprint density at radius 1 is 0.776 bits per heavy atom. The zero-order valence-electron chi connectivity index (χ0n) is 29.8. The molecule has 49 heavy (non-hydrogen) atoms. The van der Waals surface area contributed by atoms with E-state index in [9.17, 15) is 22.8 Å². The van der Waals surface area contributed by atoms with Crippen molar-refractivity contribution in [2.45, 2.75) is 141 Å². The van der Waals surface area contributed by atoms with Crippen LogP contribution in [0.2, 0.25) is 5.02 Å². The topological polar surface area (TPSA) is 139 Å². The van der Waals surface area contributed by atoms with Crippen molar-refractivity contribution < 1.29 is 32.6 Å². The summed E-state index contributed by atoms with van der Waals surface area (Å²) in [5.41, 5.74) is -0.939. The van der Waals surface area contributed by atoms with Crippen molar-refractivity contribution in [1.29, 1.82) is 0 Å². The normalized spacial score (nSPS) is 12.4. The van der Waals surface area contributed by atoms with Crippen molar-refractivity contribution in [3.05, 3.63) is 53.1 Å². The maximum atomic E-state index is 13.4. The van der Waals surface area contributed by atoms with Crippen LogP contribution in [0.1, 0.15) is 141 Å². The van der Waals surface area contributed by atoms with Crippen molar-refractivity contribution in [2.75, 3.05) is 11.9 Å². The van der Waals surface area contributed by atoms with E-state index < -0.39 is 39.2 Å². The van der Waals surface area contributed by atoms with Crippen LogP contribution in [0.4, 0.5) is 5.69 Å². The molecule has 0 spiro atoms. The van der Waals surface area contributed by atoms with Gasteiger partial charge in [-0.05, 0) is 48.9 Å². The number of nitrogens with one attached hydrogen (secondary N) is 2. The summed E-state index contributed by atoms with van der Waals surface area (Å²) in [4.78, 5) is 37.7. The van der Waals surface area contributed by atoms with E-state index in [1.54, 1.807) is 20.8 Å². The summed E-state index contributed by atoms with van der Waals surface area (Å²) in [6, 6.07) is 9.27. The molecule has 0 saturated carbocycles. The number of hydrogen-bond donors (Lipinski definition) is 3. The Kier molecular flexibility index (Phi) is 18.9. The van der Waals surface area contributed by atoms with Crippen LogP contribution in [0.25, 0.3) is 0 Å². The van der Waals surface area contributed by atoms with Crippen LogP contribution < -0.4 is 14.8 Å². The lowest BCUT2D eigenvalue weighted by Gasteiger charge is -2.25. The van der Waals surface area contributed by atoms with E-state index in [0.717, 1.165) is 25.7 Å². The summed E-state index contributed by atoms with van der Waals surface area (Å²) in [6.45, 7) is 7.46. The number of rotatable bonds is 25. The molecule has 9 nitrogen and oxygen atoms in total. The van der Waals surface area contributed by atoms with Crippen molar-refractivity contribution >= 4 is 45.0 Å². The first-order chi connectivity index (χ1) is 23.3. The Morgan fingerprint density at radius 2 is 1.27 bits per heavy atom. The smallest absolute Gasteiger partial charge is 0.335 e. The van der Waals surface area contributed by atoms with Crippen molar-refractivity contribution in [1.82, 2.24) is 4.72 Å².